The van der Waals surface area contributed by atoms with Crippen molar-refractivity contribution < 1.29 is 22.7 Å². The highest BCUT2D eigenvalue weighted by Gasteiger charge is 2.33. The number of methoxy groups -OCH3 is 1. The van der Waals surface area contributed by atoms with Crippen molar-refractivity contribution in [3.8, 4) is 5.75 Å². The van der Waals surface area contributed by atoms with Crippen LogP contribution in [0.4, 0.5) is 0 Å². The van der Waals surface area contributed by atoms with E-state index >= 15 is 0 Å². The first-order valence-electron chi connectivity index (χ1n) is 13.4. The van der Waals surface area contributed by atoms with Gasteiger partial charge in [0.2, 0.25) is 21.8 Å². The number of nitrogens with zero attached hydrogens (tertiary/aromatic N) is 2. The Labute approximate surface area is 238 Å². The number of ether oxygens (including phenoxy) is 1. The Balaban J connectivity index is 1.97. The van der Waals surface area contributed by atoms with E-state index in [-0.39, 0.29) is 23.8 Å². The van der Waals surface area contributed by atoms with Crippen molar-refractivity contribution in [3.63, 3.8) is 0 Å². The van der Waals surface area contributed by atoms with Crippen molar-refractivity contribution in [2.45, 2.75) is 50.6 Å². The third kappa shape index (κ3) is 8.40. The molecule has 214 valence electrons. The number of carbonyl (C=O) groups excluding carboxylic acids is 2. The molecule has 0 aliphatic carbocycles. The van der Waals surface area contributed by atoms with Crippen LogP contribution in [0.5, 0.6) is 5.75 Å². The molecular formula is C31H39N3O5S. The molecule has 0 aliphatic rings. The van der Waals surface area contributed by atoms with Gasteiger partial charge >= 0.3 is 0 Å². The lowest BCUT2D eigenvalue weighted by molar-refractivity contribution is -0.141. The molecule has 8 nitrogen and oxygen atoms in total. The monoisotopic (exact) mass is 565 g/mol. The lowest BCUT2D eigenvalue weighted by Gasteiger charge is -2.32. The molecule has 1 N–H and O–H groups in total. The number of unbranched alkanes of at least 4 members (excludes halogenated alkanes) is 1. The third-order valence-electron chi connectivity index (χ3n) is 6.67. The lowest BCUT2D eigenvalue weighted by Crippen LogP contribution is -2.53. The molecule has 0 spiro atoms. The molecule has 0 fully saturated rings. The number of hydrogen-bond acceptors (Lipinski definition) is 5. The number of rotatable bonds is 14. The van der Waals surface area contributed by atoms with Gasteiger partial charge in [0.25, 0.3) is 0 Å². The SMILES string of the molecule is CCCCNC(=O)[C@@H](Cc1ccccc1)N(Cc1cccc(OC)c1)C(=O)CN(C)S(=O)(=O)c1ccc(C)cc1. The van der Waals surface area contributed by atoms with Gasteiger partial charge in [0.05, 0.1) is 18.6 Å². The lowest BCUT2D eigenvalue weighted by atomic mass is 10.0. The molecular weight excluding hydrogens is 526 g/mol. The minimum absolute atomic E-state index is 0.103. The number of likely N-dealkylation sites (N-methyl/N-ethyl adjacent to an activating group) is 1. The van der Waals surface area contributed by atoms with E-state index in [2.05, 4.69) is 5.32 Å². The maximum atomic E-state index is 13.9. The van der Waals surface area contributed by atoms with E-state index in [4.69, 9.17) is 4.74 Å². The van der Waals surface area contributed by atoms with Crippen molar-refractivity contribution >= 4 is 21.8 Å². The molecule has 0 saturated carbocycles. The standard InChI is InChI=1S/C31H39N3O5S/c1-5-6-19-32-31(36)29(21-25-11-8-7-9-12-25)34(22-26-13-10-14-27(20-26)39-4)30(35)23-33(3)40(37,38)28-17-15-24(2)16-18-28/h7-18,20,29H,5-6,19,21-23H2,1-4H3,(H,32,36)/t29-/m1/s1. The van der Waals surface area contributed by atoms with Gasteiger partial charge in [0.15, 0.2) is 0 Å². The molecule has 0 saturated heterocycles. The van der Waals surface area contributed by atoms with Crippen molar-refractivity contribution in [1.82, 2.24) is 14.5 Å². The molecule has 0 heterocycles. The first-order chi connectivity index (χ1) is 19.1. The molecule has 0 aliphatic heterocycles. The summed E-state index contributed by atoms with van der Waals surface area (Å²) in [4.78, 5) is 29.1. The van der Waals surface area contributed by atoms with Gasteiger partial charge in [0.1, 0.15) is 11.8 Å². The van der Waals surface area contributed by atoms with Gasteiger partial charge in [-0.25, -0.2) is 8.42 Å². The van der Waals surface area contributed by atoms with E-state index < -0.39 is 28.5 Å². The van der Waals surface area contributed by atoms with Gasteiger partial charge in [-0.1, -0.05) is 73.5 Å². The summed E-state index contributed by atoms with van der Waals surface area (Å²) < 4.78 is 32.9. The van der Waals surface area contributed by atoms with Gasteiger partial charge in [-0.15, -0.1) is 0 Å². The molecule has 2 amide bonds. The molecule has 0 aromatic heterocycles. The minimum atomic E-state index is -3.92. The molecule has 3 rings (SSSR count). The van der Waals surface area contributed by atoms with Crippen LogP contribution >= 0.6 is 0 Å². The second kappa shape index (κ2) is 14.6. The molecule has 0 bridgehead atoms. The summed E-state index contributed by atoms with van der Waals surface area (Å²) in [7, 11) is -0.984. The topological polar surface area (TPSA) is 96.0 Å². The highest BCUT2D eigenvalue weighted by Crippen LogP contribution is 2.20. The Morgan fingerprint density at radius 3 is 2.27 bits per heavy atom. The van der Waals surface area contributed by atoms with E-state index in [1.807, 2.05) is 62.4 Å². The number of benzene rings is 3. The van der Waals surface area contributed by atoms with Crippen molar-refractivity contribution in [2.24, 2.45) is 0 Å². The second-order valence-corrected chi connectivity index (χ2v) is 11.8. The Morgan fingerprint density at radius 2 is 1.62 bits per heavy atom. The fourth-order valence-corrected chi connectivity index (χ4v) is 5.40. The fraction of sp³-hybridized carbons (Fsp3) is 0.355. The number of amides is 2. The zero-order chi connectivity index (χ0) is 29.1. The Morgan fingerprint density at radius 1 is 0.950 bits per heavy atom. The van der Waals surface area contributed by atoms with Gasteiger partial charge in [-0.3, -0.25) is 9.59 Å². The zero-order valence-electron chi connectivity index (χ0n) is 23.7. The van der Waals surface area contributed by atoms with Gasteiger partial charge in [-0.2, -0.15) is 4.31 Å². The number of hydrogen-bond donors (Lipinski definition) is 1. The molecule has 40 heavy (non-hydrogen) atoms. The smallest absolute Gasteiger partial charge is 0.243 e. The number of sulfonamides is 1. The summed E-state index contributed by atoms with van der Waals surface area (Å²) in [6, 6.07) is 22.4. The molecule has 0 radical (unpaired) electrons. The number of carbonyl (C=O) groups is 2. The Hall–Kier alpha value is -3.69. The third-order valence-corrected chi connectivity index (χ3v) is 8.49. The maximum Gasteiger partial charge on any atom is 0.243 e. The van der Waals surface area contributed by atoms with Crippen LogP contribution in [0.3, 0.4) is 0 Å². The van der Waals surface area contributed by atoms with E-state index in [0.717, 1.165) is 33.8 Å². The van der Waals surface area contributed by atoms with E-state index in [1.165, 1.54) is 24.1 Å². The summed E-state index contributed by atoms with van der Waals surface area (Å²) in [5.74, 6) is -0.138. The average Bonchev–Trinajstić information content (AvgIpc) is 2.95. The van der Waals surface area contributed by atoms with Crippen LogP contribution in [-0.2, 0) is 32.6 Å². The van der Waals surface area contributed by atoms with Crippen LogP contribution < -0.4 is 10.1 Å². The van der Waals surface area contributed by atoms with Crippen molar-refractivity contribution in [3.05, 3.63) is 95.6 Å². The summed E-state index contributed by atoms with van der Waals surface area (Å²) in [6.07, 6.45) is 2.01. The van der Waals surface area contributed by atoms with Crippen LogP contribution in [0.15, 0.2) is 83.8 Å². The van der Waals surface area contributed by atoms with Crippen LogP contribution in [0.1, 0.15) is 36.5 Å². The number of aryl methyl sites for hydroxylation is 1. The van der Waals surface area contributed by atoms with Crippen LogP contribution in [0, 0.1) is 6.92 Å². The highest BCUT2D eigenvalue weighted by molar-refractivity contribution is 7.89. The minimum Gasteiger partial charge on any atom is -0.497 e. The first-order valence-corrected chi connectivity index (χ1v) is 14.9. The van der Waals surface area contributed by atoms with Crippen molar-refractivity contribution in [2.75, 3.05) is 27.2 Å². The van der Waals surface area contributed by atoms with Gasteiger partial charge < -0.3 is 15.0 Å². The number of nitrogens with one attached hydrogen (secondary N) is 1. The predicted molar refractivity (Wildman–Crippen MR) is 156 cm³/mol. The van der Waals surface area contributed by atoms with Crippen LogP contribution in [0.2, 0.25) is 0 Å². The summed E-state index contributed by atoms with van der Waals surface area (Å²) >= 11 is 0. The second-order valence-electron chi connectivity index (χ2n) is 9.80. The van der Waals surface area contributed by atoms with E-state index in [1.54, 1.807) is 25.3 Å². The summed E-state index contributed by atoms with van der Waals surface area (Å²) in [6.45, 7) is 4.08. The molecule has 3 aromatic rings. The van der Waals surface area contributed by atoms with E-state index in [9.17, 15) is 18.0 Å². The molecule has 9 heteroatoms. The van der Waals surface area contributed by atoms with Crippen molar-refractivity contribution in [1.29, 1.82) is 0 Å². The fourth-order valence-electron chi connectivity index (χ4n) is 4.28. The van der Waals surface area contributed by atoms with Gasteiger partial charge in [0, 0.05) is 26.6 Å². The molecule has 0 unspecified atom stereocenters. The quantitative estimate of drug-likeness (QED) is 0.296. The molecule has 3 aromatic carbocycles. The summed E-state index contributed by atoms with van der Waals surface area (Å²) in [5, 5.41) is 2.97. The largest absolute Gasteiger partial charge is 0.497 e. The van der Waals surface area contributed by atoms with Gasteiger partial charge in [-0.05, 0) is 48.7 Å². The van der Waals surface area contributed by atoms with Crippen LogP contribution in [0.25, 0.3) is 0 Å². The zero-order valence-corrected chi connectivity index (χ0v) is 24.5. The normalized spacial score (nSPS) is 12.1. The Kier molecular flexibility index (Phi) is 11.3. The van der Waals surface area contributed by atoms with E-state index in [0.29, 0.717) is 12.3 Å². The summed E-state index contributed by atoms with van der Waals surface area (Å²) in [5.41, 5.74) is 2.58. The highest BCUT2D eigenvalue weighted by atomic mass is 32.2. The first kappa shape index (κ1) is 30.8. The Bertz CT molecular complexity index is 1360. The predicted octanol–water partition coefficient (Wildman–Crippen LogP) is 4.18. The average molecular weight is 566 g/mol. The van der Waals surface area contributed by atoms with Crippen LogP contribution in [-0.4, -0.2) is 62.7 Å². The maximum absolute atomic E-state index is 13.9. The molecule has 1 atom stereocenters.